The van der Waals surface area contributed by atoms with E-state index in [0.29, 0.717) is 11.1 Å². The van der Waals surface area contributed by atoms with Crippen LogP contribution in [0, 0.1) is 21.4 Å². The summed E-state index contributed by atoms with van der Waals surface area (Å²) in [6.45, 7) is 0.0613. The number of nitro groups is 1. The summed E-state index contributed by atoms with van der Waals surface area (Å²) in [5, 5.41) is 19.6. The number of hydrogen-bond acceptors (Lipinski definition) is 5. The minimum Gasteiger partial charge on any atom is -0.458 e. The van der Waals surface area contributed by atoms with Crippen molar-refractivity contribution >= 4 is 17.7 Å². The quantitative estimate of drug-likeness (QED) is 0.366. The van der Waals surface area contributed by atoms with E-state index in [0.717, 1.165) is 11.6 Å². The van der Waals surface area contributed by atoms with E-state index >= 15 is 0 Å². The molecule has 0 fully saturated rings. The molecular weight excluding hydrogens is 296 g/mol. The number of hydrogen-bond donors (Lipinski definition) is 0. The lowest BCUT2D eigenvalue weighted by Crippen LogP contribution is -2.01. The first kappa shape index (κ1) is 15.9. The topological polar surface area (TPSA) is 93.2 Å². The van der Waals surface area contributed by atoms with Crippen LogP contribution in [0.4, 0.5) is 5.69 Å². The van der Waals surface area contributed by atoms with E-state index < -0.39 is 10.9 Å². The zero-order valence-corrected chi connectivity index (χ0v) is 12.0. The van der Waals surface area contributed by atoms with Crippen molar-refractivity contribution in [2.75, 3.05) is 0 Å². The van der Waals surface area contributed by atoms with Gasteiger partial charge in [0.05, 0.1) is 22.1 Å². The average Bonchev–Trinajstić information content (AvgIpc) is 2.58. The van der Waals surface area contributed by atoms with Gasteiger partial charge < -0.3 is 4.74 Å². The maximum Gasteiger partial charge on any atom is 0.331 e. The highest BCUT2D eigenvalue weighted by atomic mass is 16.6. The minimum absolute atomic E-state index is 0.0613. The molecule has 2 aromatic carbocycles. The van der Waals surface area contributed by atoms with Crippen LogP contribution in [0.1, 0.15) is 16.7 Å². The van der Waals surface area contributed by atoms with Gasteiger partial charge in [-0.2, -0.15) is 5.26 Å². The van der Waals surface area contributed by atoms with E-state index in [1.165, 1.54) is 12.1 Å². The predicted octanol–water partition coefficient (Wildman–Crippen LogP) is 3.22. The third kappa shape index (κ3) is 4.51. The van der Waals surface area contributed by atoms with Crippen LogP contribution < -0.4 is 0 Å². The molecule has 0 radical (unpaired) electrons. The van der Waals surface area contributed by atoms with Gasteiger partial charge in [0.15, 0.2) is 0 Å². The van der Waals surface area contributed by atoms with Gasteiger partial charge in [-0.15, -0.1) is 0 Å². The second kappa shape index (κ2) is 7.52. The largest absolute Gasteiger partial charge is 0.458 e. The predicted molar refractivity (Wildman–Crippen MR) is 83.1 cm³/mol. The number of ether oxygens (including phenoxy) is 1. The van der Waals surface area contributed by atoms with Crippen LogP contribution in [-0.4, -0.2) is 10.9 Å². The van der Waals surface area contributed by atoms with Crippen molar-refractivity contribution in [1.82, 2.24) is 0 Å². The SMILES string of the molecule is N#Cc1ccc(COC(=O)/C=C/c2ccccc2[N+](=O)[O-])cc1. The summed E-state index contributed by atoms with van der Waals surface area (Å²) in [6.07, 6.45) is 2.49. The van der Waals surface area contributed by atoms with Crippen molar-refractivity contribution < 1.29 is 14.5 Å². The number of benzene rings is 2. The fraction of sp³-hybridized carbons (Fsp3) is 0.0588. The van der Waals surface area contributed by atoms with Crippen molar-refractivity contribution in [2.45, 2.75) is 6.61 Å². The summed E-state index contributed by atoms with van der Waals surface area (Å²) < 4.78 is 5.05. The summed E-state index contributed by atoms with van der Waals surface area (Å²) in [4.78, 5) is 22.0. The van der Waals surface area contributed by atoms with Gasteiger partial charge in [0.1, 0.15) is 6.61 Å². The fourth-order valence-corrected chi connectivity index (χ4v) is 1.83. The molecule has 6 nitrogen and oxygen atoms in total. The van der Waals surface area contributed by atoms with Gasteiger partial charge in [0.25, 0.3) is 5.69 Å². The van der Waals surface area contributed by atoms with Gasteiger partial charge in [0, 0.05) is 12.1 Å². The van der Waals surface area contributed by atoms with Gasteiger partial charge in [-0.25, -0.2) is 4.79 Å². The number of nitrogens with zero attached hydrogens (tertiary/aromatic N) is 2. The molecular formula is C17H12N2O4. The first-order valence-corrected chi connectivity index (χ1v) is 6.67. The van der Waals surface area contributed by atoms with E-state index in [1.807, 2.05) is 6.07 Å². The number of para-hydroxylation sites is 1. The fourth-order valence-electron chi connectivity index (χ4n) is 1.83. The highest BCUT2D eigenvalue weighted by Gasteiger charge is 2.09. The summed E-state index contributed by atoms with van der Waals surface area (Å²) in [5.74, 6) is -0.604. The second-order valence-electron chi connectivity index (χ2n) is 4.57. The Labute approximate surface area is 132 Å². The number of carbonyl (C=O) groups excluding carboxylic acids is 1. The van der Waals surface area contributed by atoms with E-state index in [1.54, 1.807) is 42.5 Å². The molecule has 0 aliphatic carbocycles. The Morgan fingerprint density at radius 1 is 1.22 bits per heavy atom. The third-order valence-corrected chi connectivity index (χ3v) is 3.00. The highest BCUT2D eigenvalue weighted by molar-refractivity contribution is 5.87. The van der Waals surface area contributed by atoms with Crippen LogP contribution in [0.25, 0.3) is 6.08 Å². The van der Waals surface area contributed by atoms with Crippen molar-refractivity contribution in [3.63, 3.8) is 0 Å². The molecule has 0 saturated heterocycles. The first-order chi connectivity index (χ1) is 11.1. The van der Waals surface area contributed by atoms with Gasteiger partial charge in [-0.1, -0.05) is 24.3 Å². The summed E-state index contributed by atoms with van der Waals surface area (Å²) in [6, 6.07) is 14.8. The average molecular weight is 308 g/mol. The zero-order valence-electron chi connectivity index (χ0n) is 12.0. The maximum absolute atomic E-state index is 11.7. The van der Waals surface area contributed by atoms with Crippen LogP contribution in [0.3, 0.4) is 0 Å². The minimum atomic E-state index is -0.604. The van der Waals surface area contributed by atoms with E-state index in [2.05, 4.69) is 0 Å². The van der Waals surface area contributed by atoms with Crippen LogP contribution in [0.2, 0.25) is 0 Å². The summed E-state index contributed by atoms with van der Waals surface area (Å²) in [7, 11) is 0. The molecule has 2 rings (SSSR count). The molecule has 114 valence electrons. The van der Waals surface area contributed by atoms with Crippen molar-refractivity contribution in [1.29, 1.82) is 5.26 Å². The Bertz CT molecular complexity index is 789. The second-order valence-corrected chi connectivity index (χ2v) is 4.57. The molecule has 6 heteroatoms. The molecule has 0 spiro atoms. The lowest BCUT2D eigenvalue weighted by molar-refractivity contribution is -0.385. The van der Waals surface area contributed by atoms with Crippen LogP contribution in [0.15, 0.2) is 54.6 Å². The number of esters is 1. The highest BCUT2D eigenvalue weighted by Crippen LogP contribution is 2.19. The van der Waals surface area contributed by atoms with E-state index in [9.17, 15) is 14.9 Å². The monoisotopic (exact) mass is 308 g/mol. The summed E-state index contributed by atoms with van der Waals surface area (Å²) in [5.41, 5.74) is 1.52. The van der Waals surface area contributed by atoms with Gasteiger partial charge in [0.2, 0.25) is 0 Å². The smallest absolute Gasteiger partial charge is 0.331 e. The molecule has 0 unspecified atom stereocenters. The molecule has 0 amide bonds. The van der Waals surface area contributed by atoms with Crippen LogP contribution in [-0.2, 0) is 16.1 Å². The molecule has 0 saturated carbocycles. The van der Waals surface area contributed by atoms with Gasteiger partial charge in [-0.05, 0) is 29.8 Å². The van der Waals surface area contributed by atoms with Crippen molar-refractivity contribution in [2.24, 2.45) is 0 Å². The third-order valence-electron chi connectivity index (χ3n) is 3.00. The summed E-state index contributed by atoms with van der Waals surface area (Å²) >= 11 is 0. The lowest BCUT2D eigenvalue weighted by Gasteiger charge is -2.02. The number of carbonyl (C=O) groups is 1. The zero-order chi connectivity index (χ0) is 16.7. The molecule has 2 aromatic rings. The molecule has 0 atom stereocenters. The standard InChI is InChI=1S/C17H12N2O4/c18-11-13-5-7-14(8-6-13)12-23-17(20)10-9-15-3-1-2-4-16(15)19(21)22/h1-10H,12H2/b10-9+. The number of nitriles is 1. The molecule has 0 aliphatic heterocycles. The Balaban J connectivity index is 1.97. The van der Waals surface area contributed by atoms with Crippen LogP contribution in [0.5, 0.6) is 0 Å². The van der Waals surface area contributed by atoms with Crippen LogP contribution >= 0.6 is 0 Å². The lowest BCUT2D eigenvalue weighted by atomic mass is 10.1. The molecule has 0 aromatic heterocycles. The van der Waals surface area contributed by atoms with E-state index in [4.69, 9.17) is 10.00 Å². The maximum atomic E-state index is 11.7. The Kier molecular flexibility index (Phi) is 5.21. The van der Waals surface area contributed by atoms with Crippen molar-refractivity contribution in [3.05, 3.63) is 81.4 Å². The van der Waals surface area contributed by atoms with Gasteiger partial charge >= 0.3 is 5.97 Å². The first-order valence-electron chi connectivity index (χ1n) is 6.67. The number of rotatable bonds is 5. The Morgan fingerprint density at radius 3 is 2.57 bits per heavy atom. The molecule has 0 heterocycles. The molecule has 0 bridgehead atoms. The molecule has 0 N–H and O–H groups in total. The molecule has 23 heavy (non-hydrogen) atoms. The number of nitro benzene ring substituents is 1. The van der Waals surface area contributed by atoms with E-state index in [-0.39, 0.29) is 12.3 Å². The van der Waals surface area contributed by atoms with Crippen molar-refractivity contribution in [3.8, 4) is 6.07 Å². The molecule has 0 aliphatic rings. The van der Waals surface area contributed by atoms with Gasteiger partial charge in [-0.3, -0.25) is 10.1 Å². The normalized spacial score (nSPS) is 10.2. The Hall–Kier alpha value is -3.46. The Morgan fingerprint density at radius 2 is 1.91 bits per heavy atom.